The third-order valence-electron chi connectivity index (χ3n) is 4.30. The largest absolute Gasteiger partial charge is 0.457 e. The van der Waals surface area contributed by atoms with Crippen LogP contribution in [0.15, 0.2) is 53.5 Å². The molecule has 0 amide bonds. The Kier molecular flexibility index (Phi) is 10.6. The van der Waals surface area contributed by atoms with Crippen molar-refractivity contribution >= 4 is 5.96 Å². The van der Waals surface area contributed by atoms with Gasteiger partial charge in [-0.2, -0.15) is 0 Å². The maximum atomic E-state index is 6.09. The monoisotopic (exact) mass is 399 g/mol. The number of aryl methyl sites for hydroxylation is 1. The van der Waals surface area contributed by atoms with Crippen molar-refractivity contribution in [1.29, 1.82) is 0 Å². The van der Waals surface area contributed by atoms with E-state index in [1.807, 2.05) is 30.3 Å². The molecular weight excluding hydrogens is 366 g/mol. The van der Waals surface area contributed by atoms with E-state index in [4.69, 9.17) is 14.2 Å². The molecule has 0 aromatic heterocycles. The fourth-order valence-electron chi connectivity index (χ4n) is 2.70. The Bertz CT molecular complexity index is 735. The standard InChI is InChI=1S/C23H33N3O3/c1-19-11-12-20(22(17-19)29-21-9-5-4-6-10-21)18-26-23(24-2)25-13-7-8-14-28-16-15-27-3/h4-6,9-12,17H,7-8,13-16,18H2,1-3H3,(H2,24,25,26). The fraction of sp³-hybridized carbons (Fsp3) is 0.435. The molecule has 2 aromatic rings. The van der Waals surface area contributed by atoms with Crippen LogP contribution in [-0.2, 0) is 16.0 Å². The van der Waals surface area contributed by atoms with Gasteiger partial charge in [0.25, 0.3) is 0 Å². The highest BCUT2D eigenvalue weighted by molar-refractivity contribution is 5.79. The number of aliphatic imine (C=N–C) groups is 1. The number of para-hydroxylation sites is 1. The Morgan fingerprint density at radius 2 is 1.79 bits per heavy atom. The summed E-state index contributed by atoms with van der Waals surface area (Å²) in [5.74, 6) is 2.46. The predicted octanol–water partition coefficient (Wildman–Crippen LogP) is 3.90. The van der Waals surface area contributed by atoms with Crippen molar-refractivity contribution < 1.29 is 14.2 Å². The van der Waals surface area contributed by atoms with Crippen LogP contribution in [-0.4, -0.2) is 46.5 Å². The van der Waals surface area contributed by atoms with Crippen molar-refractivity contribution in [2.45, 2.75) is 26.3 Å². The molecule has 2 aromatic carbocycles. The molecule has 0 spiro atoms. The molecule has 0 unspecified atom stereocenters. The van der Waals surface area contributed by atoms with Crippen molar-refractivity contribution in [3.8, 4) is 11.5 Å². The third kappa shape index (κ3) is 8.98. The first-order valence-corrected chi connectivity index (χ1v) is 10.1. The Labute approximate surface area is 174 Å². The Hall–Kier alpha value is -2.57. The molecule has 2 rings (SSSR count). The van der Waals surface area contributed by atoms with Crippen LogP contribution in [0.1, 0.15) is 24.0 Å². The second-order valence-corrected chi connectivity index (χ2v) is 6.69. The molecule has 0 heterocycles. The van der Waals surface area contributed by atoms with Crippen molar-refractivity contribution in [2.24, 2.45) is 4.99 Å². The van der Waals surface area contributed by atoms with Gasteiger partial charge in [-0.1, -0.05) is 30.3 Å². The number of guanidine groups is 1. The lowest BCUT2D eigenvalue weighted by molar-refractivity contribution is 0.0689. The lowest BCUT2D eigenvalue weighted by atomic mass is 10.1. The van der Waals surface area contributed by atoms with Gasteiger partial charge >= 0.3 is 0 Å². The molecule has 29 heavy (non-hydrogen) atoms. The summed E-state index contributed by atoms with van der Waals surface area (Å²) < 4.78 is 16.5. The Balaban J connectivity index is 1.78. The van der Waals surface area contributed by atoms with Crippen molar-refractivity contribution in [3.63, 3.8) is 0 Å². The second kappa shape index (κ2) is 13.6. The van der Waals surface area contributed by atoms with Gasteiger partial charge in [-0.05, 0) is 43.5 Å². The molecule has 0 saturated carbocycles. The number of unbranched alkanes of at least 4 members (excludes halogenated alkanes) is 1. The van der Waals surface area contributed by atoms with Gasteiger partial charge in [0.1, 0.15) is 11.5 Å². The summed E-state index contributed by atoms with van der Waals surface area (Å²) in [6.07, 6.45) is 2.02. The molecule has 0 aliphatic rings. The minimum absolute atomic E-state index is 0.627. The van der Waals surface area contributed by atoms with Gasteiger partial charge in [0.05, 0.1) is 13.2 Å². The lowest BCUT2D eigenvalue weighted by Gasteiger charge is -2.15. The average molecular weight is 400 g/mol. The van der Waals surface area contributed by atoms with Crippen LogP contribution in [0, 0.1) is 6.92 Å². The molecule has 0 radical (unpaired) electrons. The predicted molar refractivity (Wildman–Crippen MR) is 118 cm³/mol. The summed E-state index contributed by atoms with van der Waals surface area (Å²) in [4.78, 5) is 4.30. The summed E-state index contributed by atoms with van der Waals surface area (Å²) in [7, 11) is 3.46. The fourth-order valence-corrected chi connectivity index (χ4v) is 2.70. The SMILES string of the molecule is CN=C(NCCCCOCCOC)NCc1ccc(C)cc1Oc1ccccc1. The molecule has 0 aliphatic carbocycles. The van der Waals surface area contributed by atoms with E-state index < -0.39 is 0 Å². The molecule has 0 fully saturated rings. The van der Waals surface area contributed by atoms with Crippen LogP contribution in [0.25, 0.3) is 0 Å². The first-order valence-electron chi connectivity index (χ1n) is 10.1. The zero-order valence-corrected chi connectivity index (χ0v) is 17.7. The molecule has 158 valence electrons. The first-order chi connectivity index (χ1) is 14.2. The van der Waals surface area contributed by atoms with Crippen LogP contribution in [0.5, 0.6) is 11.5 Å². The summed E-state index contributed by atoms with van der Waals surface area (Å²) in [5, 5.41) is 6.70. The van der Waals surface area contributed by atoms with Crippen molar-refractivity contribution in [3.05, 3.63) is 59.7 Å². The molecule has 0 bridgehead atoms. The minimum Gasteiger partial charge on any atom is -0.457 e. The number of ether oxygens (including phenoxy) is 3. The van der Waals surface area contributed by atoms with Crippen LogP contribution in [0.3, 0.4) is 0 Å². The van der Waals surface area contributed by atoms with Gasteiger partial charge in [-0.25, -0.2) is 0 Å². The average Bonchev–Trinajstić information content (AvgIpc) is 2.74. The summed E-state index contributed by atoms with van der Waals surface area (Å²) in [6.45, 7) is 5.58. The van der Waals surface area contributed by atoms with Crippen molar-refractivity contribution in [1.82, 2.24) is 10.6 Å². The van der Waals surface area contributed by atoms with Gasteiger partial charge in [0.2, 0.25) is 0 Å². The van der Waals surface area contributed by atoms with Gasteiger partial charge in [-0.15, -0.1) is 0 Å². The topological polar surface area (TPSA) is 64.1 Å². The lowest BCUT2D eigenvalue weighted by Crippen LogP contribution is -2.37. The first kappa shape index (κ1) is 22.7. The quantitative estimate of drug-likeness (QED) is 0.322. The molecule has 2 N–H and O–H groups in total. The highest BCUT2D eigenvalue weighted by Gasteiger charge is 2.07. The van der Waals surface area contributed by atoms with E-state index in [-0.39, 0.29) is 0 Å². The van der Waals surface area contributed by atoms with Gasteiger partial charge in [0, 0.05) is 39.4 Å². The number of nitrogens with zero attached hydrogens (tertiary/aromatic N) is 1. The van der Waals surface area contributed by atoms with Crippen LogP contribution < -0.4 is 15.4 Å². The normalized spacial score (nSPS) is 11.3. The van der Waals surface area contributed by atoms with Crippen LogP contribution in [0.4, 0.5) is 0 Å². The number of methoxy groups -OCH3 is 1. The van der Waals surface area contributed by atoms with Crippen LogP contribution in [0.2, 0.25) is 0 Å². The zero-order valence-electron chi connectivity index (χ0n) is 17.7. The number of rotatable bonds is 12. The summed E-state index contributed by atoms with van der Waals surface area (Å²) in [6, 6.07) is 16.1. The molecule has 0 atom stereocenters. The van der Waals surface area contributed by atoms with E-state index in [0.717, 1.165) is 54.6 Å². The van der Waals surface area contributed by atoms with E-state index >= 15 is 0 Å². The van der Waals surface area contributed by atoms with Crippen molar-refractivity contribution in [2.75, 3.05) is 40.5 Å². The van der Waals surface area contributed by atoms with Gasteiger partial charge < -0.3 is 24.8 Å². The molecular formula is C23H33N3O3. The van der Waals surface area contributed by atoms with Crippen LogP contribution >= 0.6 is 0 Å². The van der Waals surface area contributed by atoms with E-state index in [0.29, 0.717) is 19.8 Å². The Morgan fingerprint density at radius 1 is 0.966 bits per heavy atom. The zero-order chi connectivity index (χ0) is 20.7. The summed E-state index contributed by atoms with van der Waals surface area (Å²) in [5.41, 5.74) is 2.24. The number of hydrogen-bond donors (Lipinski definition) is 2. The van der Waals surface area contributed by atoms with Gasteiger partial charge in [-0.3, -0.25) is 4.99 Å². The van der Waals surface area contributed by atoms with E-state index in [1.165, 1.54) is 0 Å². The number of benzene rings is 2. The van der Waals surface area contributed by atoms with Gasteiger partial charge in [0.15, 0.2) is 5.96 Å². The maximum absolute atomic E-state index is 6.09. The molecule has 0 aliphatic heterocycles. The smallest absolute Gasteiger partial charge is 0.191 e. The van der Waals surface area contributed by atoms with E-state index in [2.05, 4.69) is 40.7 Å². The molecule has 0 saturated heterocycles. The number of nitrogens with one attached hydrogen (secondary N) is 2. The highest BCUT2D eigenvalue weighted by atomic mass is 16.5. The van der Waals surface area contributed by atoms with E-state index in [9.17, 15) is 0 Å². The molecule has 6 heteroatoms. The highest BCUT2D eigenvalue weighted by Crippen LogP contribution is 2.26. The van der Waals surface area contributed by atoms with E-state index in [1.54, 1.807) is 14.2 Å². The Morgan fingerprint density at radius 3 is 2.55 bits per heavy atom. The maximum Gasteiger partial charge on any atom is 0.191 e. The minimum atomic E-state index is 0.627. The number of hydrogen-bond acceptors (Lipinski definition) is 4. The third-order valence-corrected chi connectivity index (χ3v) is 4.30. The second-order valence-electron chi connectivity index (χ2n) is 6.69. The molecule has 6 nitrogen and oxygen atoms in total. The summed E-state index contributed by atoms with van der Waals surface area (Å²) >= 11 is 0.